The fourth-order valence-corrected chi connectivity index (χ4v) is 3.87. The lowest BCUT2D eigenvalue weighted by Gasteiger charge is -2.26. The van der Waals surface area contributed by atoms with E-state index in [2.05, 4.69) is 37.4 Å². The van der Waals surface area contributed by atoms with Gasteiger partial charge in [-0.05, 0) is 30.7 Å². The lowest BCUT2D eigenvalue weighted by atomic mass is 9.99. The van der Waals surface area contributed by atoms with Crippen LogP contribution in [0.15, 0.2) is 30.6 Å². The molecule has 0 spiro atoms. The number of imide groups is 1. The van der Waals surface area contributed by atoms with Gasteiger partial charge in [0, 0.05) is 17.7 Å². The normalized spacial score (nSPS) is 19.4. The number of urea groups is 1. The number of hydrogen-bond acceptors (Lipinski definition) is 6. The Labute approximate surface area is 182 Å². The van der Waals surface area contributed by atoms with Gasteiger partial charge in [0.2, 0.25) is 5.54 Å². The standard InChI is InChI=1S/C22H18N6O4/c1-12-13(7-17-18(25-12)24-11-23-17)5-6-22(20(30)26-21(31)27-22)10-28-9-14-3-4-15(32-2)8-16(14)19(28)29/h3-4,7-8,11H,9-10H2,1-2H3,(H,23,24,25)(H2,26,27,30,31)/t22-/m1/s1. The van der Waals surface area contributed by atoms with Crippen molar-refractivity contribution < 1.29 is 19.1 Å². The first kappa shape index (κ1) is 19.6. The zero-order chi connectivity index (χ0) is 22.5. The van der Waals surface area contributed by atoms with Crippen LogP contribution in [0, 0.1) is 18.8 Å². The monoisotopic (exact) mass is 430 g/mol. The van der Waals surface area contributed by atoms with Gasteiger partial charge in [-0.2, -0.15) is 0 Å². The fraction of sp³-hybridized carbons (Fsp3) is 0.227. The van der Waals surface area contributed by atoms with Gasteiger partial charge in [0.05, 0.1) is 31.2 Å². The predicted molar refractivity (Wildman–Crippen MR) is 113 cm³/mol. The molecule has 1 aromatic carbocycles. The van der Waals surface area contributed by atoms with E-state index in [4.69, 9.17) is 4.74 Å². The fourth-order valence-electron chi connectivity index (χ4n) is 3.87. The summed E-state index contributed by atoms with van der Waals surface area (Å²) in [5.74, 6) is 5.56. The summed E-state index contributed by atoms with van der Waals surface area (Å²) < 4.78 is 5.20. The Morgan fingerprint density at radius 1 is 1.25 bits per heavy atom. The second-order valence-electron chi connectivity index (χ2n) is 7.64. The van der Waals surface area contributed by atoms with Gasteiger partial charge >= 0.3 is 6.03 Å². The Kier molecular flexibility index (Phi) is 4.34. The molecule has 3 aromatic rings. The number of aromatic amines is 1. The van der Waals surface area contributed by atoms with Gasteiger partial charge in [-0.3, -0.25) is 14.9 Å². The number of rotatable bonds is 3. The molecule has 1 atom stereocenters. The molecule has 1 saturated heterocycles. The molecule has 1 fully saturated rings. The number of amides is 4. The summed E-state index contributed by atoms with van der Waals surface area (Å²) in [6, 6.07) is 6.37. The number of H-pyrrole nitrogens is 1. The zero-order valence-corrected chi connectivity index (χ0v) is 17.3. The molecule has 32 heavy (non-hydrogen) atoms. The van der Waals surface area contributed by atoms with E-state index in [-0.39, 0.29) is 12.5 Å². The van der Waals surface area contributed by atoms with Crippen LogP contribution in [0.5, 0.6) is 5.75 Å². The molecule has 0 aliphatic carbocycles. The highest BCUT2D eigenvalue weighted by molar-refractivity contribution is 6.10. The molecule has 4 amide bonds. The molecule has 10 heteroatoms. The minimum absolute atomic E-state index is 0.105. The van der Waals surface area contributed by atoms with E-state index in [0.717, 1.165) is 5.56 Å². The first-order valence-corrected chi connectivity index (χ1v) is 9.82. The SMILES string of the molecule is COc1ccc2c(c1)C(=O)N(C[C@@]1(C#Cc3cc4[nH]cnc4nc3C)NC(=O)NC1=O)C2. The topological polar surface area (TPSA) is 129 Å². The van der Waals surface area contributed by atoms with Crippen LogP contribution in [0.3, 0.4) is 0 Å². The molecule has 0 unspecified atom stereocenters. The average molecular weight is 430 g/mol. The number of benzene rings is 1. The van der Waals surface area contributed by atoms with Crippen molar-refractivity contribution in [2.24, 2.45) is 0 Å². The maximum Gasteiger partial charge on any atom is 0.323 e. The van der Waals surface area contributed by atoms with E-state index in [1.54, 1.807) is 25.1 Å². The average Bonchev–Trinajstić information content (AvgIpc) is 3.42. The number of methoxy groups -OCH3 is 1. The molecule has 2 aliphatic heterocycles. The predicted octanol–water partition coefficient (Wildman–Crippen LogP) is 0.861. The number of nitrogens with one attached hydrogen (secondary N) is 3. The summed E-state index contributed by atoms with van der Waals surface area (Å²) in [7, 11) is 1.53. The van der Waals surface area contributed by atoms with Gasteiger partial charge < -0.3 is 19.9 Å². The summed E-state index contributed by atoms with van der Waals surface area (Å²) in [6.07, 6.45) is 1.53. The van der Waals surface area contributed by atoms with Crippen LogP contribution in [-0.2, 0) is 11.3 Å². The number of ether oxygens (including phenoxy) is 1. The third kappa shape index (κ3) is 3.11. The minimum Gasteiger partial charge on any atom is -0.497 e. The third-order valence-corrected chi connectivity index (χ3v) is 5.58. The van der Waals surface area contributed by atoms with Gasteiger partial charge in [0.25, 0.3) is 11.8 Å². The van der Waals surface area contributed by atoms with Crippen molar-refractivity contribution in [2.45, 2.75) is 19.0 Å². The number of aromatic nitrogens is 3. The zero-order valence-electron chi connectivity index (χ0n) is 17.3. The van der Waals surface area contributed by atoms with Crippen LogP contribution in [0.25, 0.3) is 11.2 Å². The van der Waals surface area contributed by atoms with E-state index in [0.29, 0.717) is 40.3 Å². The highest BCUT2D eigenvalue weighted by Crippen LogP contribution is 2.28. The van der Waals surface area contributed by atoms with Crippen LogP contribution < -0.4 is 15.4 Å². The molecule has 2 aliphatic rings. The molecule has 0 saturated carbocycles. The maximum absolute atomic E-state index is 13.0. The summed E-state index contributed by atoms with van der Waals surface area (Å²) >= 11 is 0. The number of carbonyl (C=O) groups excluding carboxylic acids is 3. The molecule has 0 radical (unpaired) electrons. The van der Waals surface area contributed by atoms with E-state index < -0.39 is 17.5 Å². The Bertz CT molecular complexity index is 1370. The van der Waals surface area contributed by atoms with E-state index in [9.17, 15) is 14.4 Å². The quantitative estimate of drug-likeness (QED) is 0.418. The molecule has 160 valence electrons. The van der Waals surface area contributed by atoms with E-state index >= 15 is 0 Å². The summed E-state index contributed by atoms with van der Waals surface area (Å²) in [5.41, 5.74) is 2.20. The highest BCUT2D eigenvalue weighted by atomic mass is 16.5. The van der Waals surface area contributed by atoms with Crippen molar-refractivity contribution in [3.8, 4) is 17.6 Å². The van der Waals surface area contributed by atoms with E-state index in [1.807, 2.05) is 6.07 Å². The Hall–Kier alpha value is -4.39. The first-order chi connectivity index (χ1) is 15.4. The Balaban J connectivity index is 1.49. The van der Waals surface area contributed by atoms with Crippen molar-refractivity contribution in [1.29, 1.82) is 0 Å². The molecule has 4 heterocycles. The van der Waals surface area contributed by atoms with Crippen LogP contribution in [-0.4, -0.2) is 56.9 Å². The van der Waals surface area contributed by atoms with Crippen LogP contribution >= 0.6 is 0 Å². The Morgan fingerprint density at radius 2 is 2.09 bits per heavy atom. The first-order valence-electron chi connectivity index (χ1n) is 9.82. The minimum atomic E-state index is -1.59. The number of fused-ring (bicyclic) bond motifs is 2. The van der Waals surface area contributed by atoms with Gasteiger partial charge in [-0.25, -0.2) is 14.8 Å². The van der Waals surface area contributed by atoms with Crippen molar-refractivity contribution in [2.75, 3.05) is 13.7 Å². The van der Waals surface area contributed by atoms with Gasteiger partial charge in [-0.1, -0.05) is 17.9 Å². The van der Waals surface area contributed by atoms with Crippen molar-refractivity contribution >= 4 is 29.0 Å². The molecule has 10 nitrogen and oxygen atoms in total. The van der Waals surface area contributed by atoms with E-state index in [1.165, 1.54) is 18.3 Å². The number of aryl methyl sites for hydroxylation is 1. The smallest absolute Gasteiger partial charge is 0.323 e. The molecule has 2 aromatic heterocycles. The number of imidazole rings is 1. The summed E-state index contributed by atoms with van der Waals surface area (Å²) in [6.45, 7) is 1.98. The molecule has 3 N–H and O–H groups in total. The van der Waals surface area contributed by atoms with Crippen LogP contribution in [0.2, 0.25) is 0 Å². The van der Waals surface area contributed by atoms with Crippen LogP contribution in [0.1, 0.15) is 27.2 Å². The number of nitrogens with zero attached hydrogens (tertiary/aromatic N) is 3. The second-order valence-corrected chi connectivity index (χ2v) is 7.64. The lowest BCUT2D eigenvalue weighted by molar-refractivity contribution is -0.122. The molecular formula is C22H18N6O4. The van der Waals surface area contributed by atoms with Crippen LogP contribution in [0.4, 0.5) is 4.79 Å². The maximum atomic E-state index is 13.0. The third-order valence-electron chi connectivity index (χ3n) is 5.58. The van der Waals surface area contributed by atoms with Crippen molar-refractivity contribution in [3.05, 3.63) is 53.0 Å². The number of hydrogen-bond donors (Lipinski definition) is 3. The molecular weight excluding hydrogens is 412 g/mol. The van der Waals surface area contributed by atoms with Gasteiger partial charge in [-0.15, -0.1) is 0 Å². The van der Waals surface area contributed by atoms with Gasteiger partial charge in [0.1, 0.15) is 5.75 Å². The molecule has 5 rings (SSSR count). The Morgan fingerprint density at radius 3 is 2.84 bits per heavy atom. The summed E-state index contributed by atoms with van der Waals surface area (Å²) in [4.78, 5) is 50.7. The highest BCUT2D eigenvalue weighted by Gasteiger charge is 2.48. The number of carbonyl (C=O) groups is 3. The number of pyridine rings is 1. The summed E-state index contributed by atoms with van der Waals surface area (Å²) in [5, 5.41) is 4.83. The van der Waals surface area contributed by atoms with Crippen molar-refractivity contribution in [3.63, 3.8) is 0 Å². The molecule has 0 bridgehead atoms. The lowest BCUT2D eigenvalue weighted by Crippen LogP contribution is -2.54. The largest absolute Gasteiger partial charge is 0.497 e. The van der Waals surface area contributed by atoms with Gasteiger partial charge in [0.15, 0.2) is 5.65 Å². The second kappa shape index (κ2) is 7.09. The van der Waals surface area contributed by atoms with Crippen molar-refractivity contribution in [1.82, 2.24) is 30.5 Å².